The molecule has 1 aromatic heterocycles. The van der Waals surface area contributed by atoms with Crippen LogP contribution in [0.15, 0.2) is 41.3 Å². The van der Waals surface area contributed by atoms with Gasteiger partial charge in [-0.15, -0.1) is 0 Å². The summed E-state index contributed by atoms with van der Waals surface area (Å²) in [5, 5.41) is 2.72. The zero-order chi connectivity index (χ0) is 28.1. The number of aromatic amines is 1. The number of sulfone groups is 1. The first-order chi connectivity index (χ1) is 18.5. The number of hydrogen-bond acceptors (Lipinski definition) is 5. The van der Waals surface area contributed by atoms with Gasteiger partial charge < -0.3 is 20.1 Å². The molecule has 3 heterocycles. The number of nitrogens with zero attached hydrogens (tertiary/aromatic N) is 2. The summed E-state index contributed by atoms with van der Waals surface area (Å²) in [4.78, 5) is 33.1. The Labute approximate surface area is 225 Å². The number of rotatable bonds is 5. The highest BCUT2D eigenvalue weighted by atomic mass is 32.2. The largest absolute Gasteiger partial charge is 0.358 e. The number of benzene rings is 2. The Morgan fingerprint density at radius 2 is 1.72 bits per heavy atom. The predicted octanol–water partition coefficient (Wildman–Crippen LogP) is 3.76. The number of aromatic nitrogens is 1. The molecule has 0 unspecified atom stereocenters. The Balaban J connectivity index is 1.48. The van der Waals surface area contributed by atoms with E-state index in [1.54, 1.807) is 19.9 Å². The van der Waals surface area contributed by atoms with E-state index in [1.807, 2.05) is 11.9 Å². The molecule has 5 rings (SSSR count). The summed E-state index contributed by atoms with van der Waals surface area (Å²) in [6.45, 7) is 6.43. The average molecular weight is 555 g/mol. The number of carbonyl (C=O) groups is 2. The first-order valence-corrected chi connectivity index (χ1v) is 14.1. The molecule has 39 heavy (non-hydrogen) atoms. The second-order valence-electron chi connectivity index (χ2n) is 9.94. The number of amides is 2. The molecule has 0 spiro atoms. The number of anilines is 1. The normalized spacial score (nSPS) is 17.0. The van der Waals surface area contributed by atoms with Crippen LogP contribution >= 0.6 is 0 Å². The number of aryl methyl sites for hydroxylation is 1. The number of fused-ring (bicyclic) bond motifs is 1. The maximum Gasteiger partial charge on any atom is 0.256 e. The van der Waals surface area contributed by atoms with Crippen LogP contribution in [0.5, 0.6) is 0 Å². The van der Waals surface area contributed by atoms with Gasteiger partial charge in [0.25, 0.3) is 11.8 Å². The number of hydrogen-bond donors (Lipinski definition) is 2. The summed E-state index contributed by atoms with van der Waals surface area (Å²) in [6.07, 6.45) is 1.59. The number of carbonyl (C=O) groups excluding carboxylic acids is 2. The summed E-state index contributed by atoms with van der Waals surface area (Å²) in [5.74, 6) is -3.27. The molecular weight excluding hydrogens is 526 g/mol. The lowest BCUT2D eigenvalue weighted by atomic mass is 10.0. The highest BCUT2D eigenvalue weighted by Crippen LogP contribution is 2.36. The molecule has 0 saturated carbocycles. The Kier molecular flexibility index (Phi) is 6.90. The van der Waals surface area contributed by atoms with E-state index in [-0.39, 0.29) is 16.4 Å². The lowest BCUT2D eigenvalue weighted by molar-refractivity contribution is -0.110. The monoisotopic (exact) mass is 554 g/mol. The van der Waals surface area contributed by atoms with Crippen molar-refractivity contribution < 1.29 is 26.8 Å². The first-order valence-electron chi connectivity index (χ1n) is 12.5. The fraction of sp³-hybridized carbons (Fsp3) is 0.286. The first kappa shape index (κ1) is 26.8. The van der Waals surface area contributed by atoms with Gasteiger partial charge in [0.05, 0.1) is 21.8 Å². The van der Waals surface area contributed by atoms with Crippen LogP contribution in [-0.2, 0) is 20.4 Å². The topological polar surface area (TPSA) is 103 Å². The van der Waals surface area contributed by atoms with E-state index < -0.39 is 38.7 Å². The molecule has 1 saturated heterocycles. The minimum Gasteiger partial charge on any atom is -0.358 e. The fourth-order valence-corrected chi connectivity index (χ4v) is 6.39. The van der Waals surface area contributed by atoms with Gasteiger partial charge in [0.2, 0.25) is 0 Å². The standard InChI is InChI=1S/C28H28F2N4O4S/c1-16-25(31-17(2)26(16)28(36)34-11-9-33(3)10-12-34)14-20-19-13-18(7-8-24(19)32-27(20)35)39(37,38)15-21-22(29)5-4-6-23(21)30/h4-8,13-14,31H,9-12,15H2,1-3H3,(H,32,35)/b20-14-. The van der Waals surface area contributed by atoms with Gasteiger partial charge in [-0.25, -0.2) is 17.2 Å². The minimum absolute atomic E-state index is 0.0796. The molecule has 2 aliphatic rings. The van der Waals surface area contributed by atoms with Crippen LogP contribution in [-0.4, -0.2) is 68.2 Å². The van der Waals surface area contributed by atoms with Gasteiger partial charge in [0, 0.05) is 54.4 Å². The smallest absolute Gasteiger partial charge is 0.256 e. The molecule has 2 amide bonds. The van der Waals surface area contributed by atoms with E-state index in [2.05, 4.69) is 15.2 Å². The zero-order valence-electron chi connectivity index (χ0n) is 21.8. The highest BCUT2D eigenvalue weighted by Gasteiger charge is 2.30. The SMILES string of the molecule is Cc1[nH]c(/C=C2\C(=O)Nc3ccc(S(=O)(=O)Cc4c(F)cccc4F)cc32)c(C)c1C(=O)N1CCN(C)CC1. The van der Waals surface area contributed by atoms with Gasteiger partial charge in [-0.3, -0.25) is 9.59 Å². The van der Waals surface area contributed by atoms with Crippen LogP contribution in [0.3, 0.4) is 0 Å². The number of H-pyrrole nitrogens is 1. The third-order valence-corrected chi connectivity index (χ3v) is 8.94. The highest BCUT2D eigenvalue weighted by molar-refractivity contribution is 7.90. The Morgan fingerprint density at radius 3 is 2.38 bits per heavy atom. The van der Waals surface area contributed by atoms with E-state index in [9.17, 15) is 26.8 Å². The summed E-state index contributed by atoms with van der Waals surface area (Å²) >= 11 is 0. The molecule has 1 fully saturated rings. The van der Waals surface area contributed by atoms with Crippen molar-refractivity contribution in [3.05, 3.63) is 81.7 Å². The van der Waals surface area contributed by atoms with Crippen molar-refractivity contribution in [2.24, 2.45) is 0 Å². The number of halogens is 2. The molecule has 8 nitrogen and oxygen atoms in total. The summed E-state index contributed by atoms with van der Waals surface area (Å²) < 4.78 is 54.5. The maximum atomic E-state index is 14.1. The second kappa shape index (κ2) is 10.0. The van der Waals surface area contributed by atoms with Gasteiger partial charge in [0.15, 0.2) is 9.84 Å². The fourth-order valence-electron chi connectivity index (χ4n) is 5.00. The van der Waals surface area contributed by atoms with Crippen molar-refractivity contribution in [3.8, 4) is 0 Å². The van der Waals surface area contributed by atoms with E-state index in [0.717, 1.165) is 25.2 Å². The van der Waals surface area contributed by atoms with E-state index in [1.165, 1.54) is 24.3 Å². The van der Waals surface area contributed by atoms with Gasteiger partial charge in [0.1, 0.15) is 11.6 Å². The molecule has 11 heteroatoms. The van der Waals surface area contributed by atoms with Gasteiger partial charge in [-0.1, -0.05) is 6.07 Å². The van der Waals surface area contributed by atoms with Crippen LogP contribution < -0.4 is 5.32 Å². The summed E-state index contributed by atoms with van der Waals surface area (Å²) in [5.41, 5.74) is 2.89. The van der Waals surface area contributed by atoms with Crippen molar-refractivity contribution in [2.45, 2.75) is 24.5 Å². The molecular formula is C28H28F2N4O4S. The minimum atomic E-state index is -4.14. The van der Waals surface area contributed by atoms with Crippen LogP contribution in [0.1, 0.15) is 38.4 Å². The van der Waals surface area contributed by atoms with Crippen LogP contribution in [0.25, 0.3) is 11.6 Å². The lowest BCUT2D eigenvalue weighted by Gasteiger charge is -2.32. The Hall–Kier alpha value is -3.83. The molecule has 0 aliphatic carbocycles. The van der Waals surface area contributed by atoms with Crippen molar-refractivity contribution >= 4 is 39.0 Å². The third kappa shape index (κ3) is 4.99. The number of likely N-dealkylation sites (N-methyl/N-ethyl adjacent to an activating group) is 1. The number of piperazine rings is 1. The predicted molar refractivity (Wildman–Crippen MR) is 144 cm³/mol. The summed E-state index contributed by atoms with van der Waals surface area (Å²) in [7, 11) is -2.13. The van der Waals surface area contributed by atoms with Crippen molar-refractivity contribution in [1.82, 2.24) is 14.8 Å². The van der Waals surface area contributed by atoms with Crippen molar-refractivity contribution in [1.29, 1.82) is 0 Å². The molecule has 0 radical (unpaired) electrons. The van der Waals surface area contributed by atoms with Crippen LogP contribution in [0.4, 0.5) is 14.5 Å². The zero-order valence-corrected chi connectivity index (χ0v) is 22.6. The van der Waals surface area contributed by atoms with Crippen LogP contribution in [0, 0.1) is 25.5 Å². The second-order valence-corrected chi connectivity index (χ2v) is 11.9. The van der Waals surface area contributed by atoms with Gasteiger partial charge in [-0.2, -0.15) is 0 Å². The molecule has 204 valence electrons. The molecule has 2 aliphatic heterocycles. The lowest BCUT2D eigenvalue weighted by Crippen LogP contribution is -2.47. The van der Waals surface area contributed by atoms with E-state index >= 15 is 0 Å². The number of nitrogens with one attached hydrogen (secondary N) is 2. The third-order valence-electron chi connectivity index (χ3n) is 7.30. The quantitative estimate of drug-likeness (QED) is 0.468. The van der Waals surface area contributed by atoms with Crippen molar-refractivity contribution in [3.63, 3.8) is 0 Å². The average Bonchev–Trinajstić information content (AvgIpc) is 3.35. The Bertz CT molecular complexity index is 1620. The van der Waals surface area contributed by atoms with Gasteiger partial charge in [-0.05, 0) is 62.9 Å². The van der Waals surface area contributed by atoms with E-state index in [0.29, 0.717) is 46.9 Å². The van der Waals surface area contributed by atoms with Crippen molar-refractivity contribution in [2.75, 3.05) is 38.5 Å². The molecule has 3 aromatic rings. The summed E-state index contributed by atoms with van der Waals surface area (Å²) in [6, 6.07) is 7.25. The van der Waals surface area contributed by atoms with Gasteiger partial charge >= 0.3 is 0 Å². The molecule has 2 aromatic carbocycles. The van der Waals surface area contributed by atoms with E-state index in [4.69, 9.17) is 0 Å². The Morgan fingerprint density at radius 1 is 1.05 bits per heavy atom. The molecule has 0 bridgehead atoms. The maximum absolute atomic E-state index is 14.1. The van der Waals surface area contributed by atoms with Crippen LogP contribution in [0.2, 0.25) is 0 Å². The molecule has 2 N–H and O–H groups in total. The molecule has 0 atom stereocenters.